The first-order valence-corrected chi connectivity index (χ1v) is 6.84. The van der Waals surface area contributed by atoms with Crippen molar-refractivity contribution < 1.29 is 4.79 Å². The zero-order valence-electron chi connectivity index (χ0n) is 9.37. The predicted molar refractivity (Wildman–Crippen MR) is 58.3 cm³/mol. The van der Waals surface area contributed by atoms with Gasteiger partial charge in [-0.05, 0) is 55.3 Å². The Labute approximate surface area is 91.6 Å². The number of carbonyl (C=O) groups is 1. The van der Waals surface area contributed by atoms with Gasteiger partial charge >= 0.3 is 0 Å². The van der Waals surface area contributed by atoms with Crippen LogP contribution in [0.5, 0.6) is 0 Å². The lowest BCUT2D eigenvalue weighted by molar-refractivity contribution is -0.121. The molecule has 4 aliphatic rings. The van der Waals surface area contributed by atoms with E-state index in [4.69, 9.17) is 0 Å². The molecule has 0 unspecified atom stereocenters. The van der Waals surface area contributed by atoms with E-state index in [9.17, 15) is 4.79 Å². The van der Waals surface area contributed by atoms with Crippen LogP contribution < -0.4 is 0 Å². The molecule has 5 atom stereocenters. The van der Waals surface area contributed by atoms with Crippen LogP contribution in [0.2, 0.25) is 0 Å². The Morgan fingerprint density at radius 3 is 3.00 bits per heavy atom. The van der Waals surface area contributed by atoms with Crippen molar-refractivity contribution in [3.05, 3.63) is 0 Å². The molecule has 0 aromatic carbocycles. The van der Waals surface area contributed by atoms with Crippen molar-refractivity contribution in [2.45, 2.75) is 51.4 Å². The van der Waals surface area contributed by atoms with E-state index in [0.29, 0.717) is 17.1 Å². The van der Waals surface area contributed by atoms with Crippen molar-refractivity contribution in [2.24, 2.45) is 29.1 Å². The van der Waals surface area contributed by atoms with E-state index in [-0.39, 0.29) is 0 Å². The third kappa shape index (κ3) is 0.893. The SMILES string of the molecule is O=C1CC[C@]23C[C@H]4CCC[C@H]4[C@H]2CC[C@H]13. The first kappa shape index (κ1) is 8.78. The first-order chi connectivity index (χ1) is 7.31. The van der Waals surface area contributed by atoms with Gasteiger partial charge in [0.25, 0.3) is 0 Å². The van der Waals surface area contributed by atoms with Crippen molar-refractivity contribution >= 4 is 5.78 Å². The predicted octanol–water partition coefficient (Wildman–Crippen LogP) is 3.18. The van der Waals surface area contributed by atoms with Crippen LogP contribution in [0.4, 0.5) is 0 Å². The number of Topliss-reactive ketones (excluding diaryl/α,β-unsaturated/α-hetero) is 1. The fourth-order valence-electron chi connectivity index (χ4n) is 5.92. The van der Waals surface area contributed by atoms with Gasteiger partial charge in [-0.1, -0.05) is 12.8 Å². The van der Waals surface area contributed by atoms with Crippen LogP contribution in [0.3, 0.4) is 0 Å². The van der Waals surface area contributed by atoms with Crippen LogP contribution in [-0.4, -0.2) is 5.78 Å². The molecule has 4 aliphatic carbocycles. The topological polar surface area (TPSA) is 17.1 Å². The van der Waals surface area contributed by atoms with Crippen LogP contribution in [0.25, 0.3) is 0 Å². The largest absolute Gasteiger partial charge is 0.299 e. The molecule has 0 radical (unpaired) electrons. The minimum Gasteiger partial charge on any atom is -0.299 e. The number of hydrogen-bond acceptors (Lipinski definition) is 1. The Bertz CT molecular complexity index is 321. The monoisotopic (exact) mass is 204 g/mol. The number of carbonyl (C=O) groups excluding carboxylic acids is 1. The molecule has 0 heterocycles. The number of ketones is 1. The smallest absolute Gasteiger partial charge is 0.136 e. The average Bonchev–Trinajstić information content (AvgIpc) is 2.86. The van der Waals surface area contributed by atoms with Crippen LogP contribution in [0.15, 0.2) is 0 Å². The summed E-state index contributed by atoms with van der Waals surface area (Å²) in [6.07, 6.45) is 10.7. The molecule has 1 heteroatoms. The molecule has 4 fully saturated rings. The van der Waals surface area contributed by atoms with Gasteiger partial charge < -0.3 is 0 Å². The summed E-state index contributed by atoms with van der Waals surface area (Å²) in [4.78, 5) is 11.9. The highest BCUT2D eigenvalue weighted by atomic mass is 16.1. The molecule has 0 N–H and O–H groups in total. The van der Waals surface area contributed by atoms with E-state index in [1.54, 1.807) is 0 Å². The Morgan fingerprint density at radius 2 is 2.07 bits per heavy atom. The second-order valence-electron chi connectivity index (χ2n) is 6.49. The van der Waals surface area contributed by atoms with Crippen molar-refractivity contribution in [3.8, 4) is 0 Å². The van der Waals surface area contributed by atoms with E-state index in [0.717, 1.165) is 24.2 Å². The molecule has 15 heavy (non-hydrogen) atoms. The molecule has 0 aromatic heterocycles. The normalized spacial score (nSPS) is 56.9. The minimum atomic E-state index is 0.507. The molecule has 4 rings (SSSR count). The highest BCUT2D eigenvalue weighted by Gasteiger charge is 2.64. The highest BCUT2D eigenvalue weighted by Crippen LogP contribution is 2.69. The van der Waals surface area contributed by atoms with Gasteiger partial charge in [-0.2, -0.15) is 0 Å². The zero-order chi connectivity index (χ0) is 10.0. The maximum absolute atomic E-state index is 11.9. The average molecular weight is 204 g/mol. The van der Waals surface area contributed by atoms with Crippen LogP contribution in [0, 0.1) is 29.1 Å². The van der Waals surface area contributed by atoms with E-state index in [1.807, 2.05) is 0 Å². The van der Waals surface area contributed by atoms with E-state index in [1.165, 1.54) is 44.9 Å². The van der Waals surface area contributed by atoms with E-state index < -0.39 is 0 Å². The van der Waals surface area contributed by atoms with Gasteiger partial charge in [0.15, 0.2) is 0 Å². The summed E-state index contributed by atoms with van der Waals surface area (Å²) in [7, 11) is 0. The minimum absolute atomic E-state index is 0.507. The molecular formula is C14H20O. The summed E-state index contributed by atoms with van der Waals surface area (Å²) >= 11 is 0. The summed E-state index contributed by atoms with van der Waals surface area (Å²) in [5.41, 5.74) is 0.535. The quantitative estimate of drug-likeness (QED) is 0.592. The molecule has 1 nitrogen and oxygen atoms in total. The Balaban J connectivity index is 1.75. The summed E-state index contributed by atoms with van der Waals surface area (Å²) in [6.45, 7) is 0. The van der Waals surface area contributed by atoms with Gasteiger partial charge in [-0.3, -0.25) is 4.79 Å². The van der Waals surface area contributed by atoms with Crippen molar-refractivity contribution in [2.75, 3.05) is 0 Å². The lowest BCUT2D eigenvalue weighted by Gasteiger charge is -2.30. The standard InChI is InChI=1S/C14H20O/c15-13-6-7-14-8-9-2-1-3-10(9)11(14)4-5-12(13)14/h9-12H,1-8H2/t9-,10-,11-,12-,14+/m1/s1. The van der Waals surface area contributed by atoms with Crippen LogP contribution in [-0.2, 0) is 4.79 Å². The van der Waals surface area contributed by atoms with Gasteiger partial charge in [-0.25, -0.2) is 0 Å². The molecule has 82 valence electrons. The molecule has 0 amide bonds. The van der Waals surface area contributed by atoms with Crippen LogP contribution in [0.1, 0.15) is 51.4 Å². The van der Waals surface area contributed by atoms with Crippen molar-refractivity contribution in [3.63, 3.8) is 0 Å². The van der Waals surface area contributed by atoms with Crippen molar-refractivity contribution in [1.29, 1.82) is 0 Å². The van der Waals surface area contributed by atoms with E-state index in [2.05, 4.69) is 0 Å². The summed E-state index contributed by atoms with van der Waals surface area (Å²) in [6, 6.07) is 0. The van der Waals surface area contributed by atoms with Crippen LogP contribution >= 0.6 is 0 Å². The van der Waals surface area contributed by atoms with Gasteiger partial charge in [0, 0.05) is 12.3 Å². The van der Waals surface area contributed by atoms with Gasteiger partial charge in [0.1, 0.15) is 5.78 Å². The third-order valence-electron chi connectivity index (χ3n) is 6.30. The summed E-state index contributed by atoms with van der Waals surface area (Å²) in [5, 5.41) is 0. The highest BCUT2D eigenvalue weighted by molar-refractivity contribution is 5.84. The number of fused-ring (bicyclic) bond motifs is 2. The molecule has 1 spiro atoms. The number of hydrogen-bond donors (Lipinski definition) is 0. The first-order valence-electron chi connectivity index (χ1n) is 6.84. The van der Waals surface area contributed by atoms with Gasteiger partial charge in [-0.15, -0.1) is 0 Å². The second kappa shape index (κ2) is 2.67. The second-order valence-corrected chi connectivity index (χ2v) is 6.49. The van der Waals surface area contributed by atoms with Gasteiger partial charge in [0.2, 0.25) is 0 Å². The van der Waals surface area contributed by atoms with Gasteiger partial charge in [0.05, 0.1) is 0 Å². The zero-order valence-corrected chi connectivity index (χ0v) is 9.37. The Morgan fingerprint density at radius 1 is 1.13 bits per heavy atom. The maximum atomic E-state index is 11.9. The molecule has 0 saturated heterocycles. The lowest BCUT2D eigenvalue weighted by atomic mass is 9.73. The molecular weight excluding hydrogens is 184 g/mol. The summed E-state index contributed by atoms with van der Waals surface area (Å²) < 4.78 is 0. The Hall–Kier alpha value is -0.330. The fourth-order valence-corrected chi connectivity index (χ4v) is 5.92. The Kier molecular flexibility index (Phi) is 1.56. The summed E-state index contributed by atoms with van der Waals surface area (Å²) in [5.74, 6) is 4.14. The molecule has 0 bridgehead atoms. The van der Waals surface area contributed by atoms with Crippen molar-refractivity contribution in [1.82, 2.24) is 0 Å². The molecule has 0 aromatic rings. The maximum Gasteiger partial charge on any atom is 0.136 e. The third-order valence-corrected chi connectivity index (χ3v) is 6.30. The molecule has 0 aliphatic heterocycles. The lowest BCUT2D eigenvalue weighted by Crippen LogP contribution is -2.26. The van der Waals surface area contributed by atoms with E-state index >= 15 is 0 Å². The fraction of sp³-hybridized carbons (Fsp3) is 0.929. The number of rotatable bonds is 0. The molecule has 4 saturated carbocycles.